The maximum Gasteiger partial charge on any atom is 0.402 e. The van der Waals surface area contributed by atoms with Crippen molar-refractivity contribution in [3.8, 4) is 0 Å². The molecule has 1 rings (SSSR count). The van der Waals surface area contributed by atoms with E-state index in [1.807, 2.05) is 6.92 Å². The molecule has 1 heterocycles. The Morgan fingerprint density at radius 3 is 2.52 bits per heavy atom. The topological polar surface area (TPSA) is 62.3 Å². The van der Waals surface area contributed by atoms with Crippen LogP contribution >= 0.6 is 11.6 Å². The molecule has 0 bridgehead atoms. The van der Waals surface area contributed by atoms with Gasteiger partial charge in [-0.15, -0.1) is 0 Å². The van der Waals surface area contributed by atoms with Gasteiger partial charge in [-0.3, -0.25) is 0 Å². The number of halogens is 4. The summed E-state index contributed by atoms with van der Waals surface area (Å²) in [5.74, 6) is 0.288. The molecule has 0 fully saturated rings. The van der Waals surface area contributed by atoms with Crippen molar-refractivity contribution in [3.63, 3.8) is 0 Å². The first kappa shape index (κ1) is 18.0. The summed E-state index contributed by atoms with van der Waals surface area (Å²) >= 11 is 5.88. The van der Waals surface area contributed by atoms with Gasteiger partial charge in [-0.1, -0.05) is 18.5 Å². The number of pyridine rings is 1. The molecule has 1 N–H and O–H groups in total. The Balaban J connectivity index is 3.01. The van der Waals surface area contributed by atoms with E-state index in [0.717, 1.165) is 25.7 Å². The highest BCUT2D eigenvalue weighted by Gasteiger charge is 2.35. The van der Waals surface area contributed by atoms with Gasteiger partial charge in [0.1, 0.15) is 17.3 Å². The van der Waals surface area contributed by atoms with Crippen LogP contribution in [0.2, 0.25) is 5.02 Å². The van der Waals surface area contributed by atoms with E-state index in [2.05, 4.69) is 10.3 Å². The highest BCUT2D eigenvalue weighted by Crippen LogP contribution is 2.25. The van der Waals surface area contributed by atoms with E-state index in [1.54, 1.807) is 0 Å². The van der Waals surface area contributed by atoms with E-state index in [-0.39, 0.29) is 20.0 Å². The van der Waals surface area contributed by atoms with E-state index in [1.165, 1.54) is 0 Å². The van der Waals surface area contributed by atoms with Crippen molar-refractivity contribution in [2.45, 2.75) is 24.4 Å². The fourth-order valence-corrected chi connectivity index (χ4v) is 2.88. The maximum absolute atomic E-state index is 12.3. The first-order valence-electron chi connectivity index (χ1n) is 6.00. The van der Waals surface area contributed by atoms with Crippen molar-refractivity contribution < 1.29 is 21.6 Å². The van der Waals surface area contributed by atoms with E-state index >= 15 is 0 Å². The third-order valence-electron chi connectivity index (χ3n) is 2.47. The van der Waals surface area contributed by atoms with Crippen molar-refractivity contribution in [3.05, 3.63) is 17.3 Å². The molecule has 1 aromatic heterocycles. The molecule has 1 aromatic rings. The van der Waals surface area contributed by atoms with Gasteiger partial charge >= 0.3 is 6.18 Å². The SMILES string of the molecule is CCCNc1ncc(S(=O)(=O)N(C)CC(F)(F)F)cc1Cl. The molecule has 0 unspecified atom stereocenters. The molecule has 21 heavy (non-hydrogen) atoms. The highest BCUT2D eigenvalue weighted by molar-refractivity contribution is 7.89. The fraction of sp³-hybridized carbons (Fsp3) is 0.545. The third-order valence-corrected chi connectivity index (χ3v) is 4.53. The summed E-state index contributed by atoms with van der Waals surface area (Å²) in [6, 6.07) is 1.08. The monoisotopic (exact) mass is 345 g/mol. The van der Waals surface area contributed by atoms with Gasteiger partial charge in [0.2, 0.25) is 10.0 Å². The average Bonchev–Trinajstić information content (AvgIpc) is 2.35. The first-order chi connectivity index (χ1) is 9.58. The fourth-order valence-electron chi connectivity index (χ4n) is 1.45. The summed E-state index contributed by atoms with van der Waals surface area (Å²) in [7, 11) is -3.45. The van der Waals surface area contributed by atoms with Crippen LogP contribution in [0.5, 0.6) is 0 Å². The van der Waals surface area contributed by atoms with Crippen molar-refractivity contribution in [2.24, 2.45) is 0 Å². The van der Waals surface area contributed by atoms with Crippen LogP contribution < -0.4 is 5.32 Å². The summed E-state index contributed by atoms with van der Waals surface area (Å²) < 4.78 is 61.0. The molecular formula is C11H15ClF3N3O2S. The molecule has 0 aromatic carbocycles. The molecule has 0 aliphatic rings. The number of nitrogens with one attached hydrogen (secondary N) is 1. The second kappa shape index (κ2) is 6.80. The Labute approximate surface area is 126 Å². The van der Waals surface area contributed by atoms with Crippen molar-refractivity contribution in [1.82, 2.24) is 9.29 Å². The zero-order chi connectivity index (χ0) is 16.3. The molecule has 0 radical (unpaired) electrons. The van der Waals surface area contributed by atoms with E-state index in [4.69, 9.17) is 11.6 Å². The molecule has 0 aliphatic carbocycles. The first-order valence-corrected chi connectivity index (χ1v) is 7.82. The normalized spacial score (nSPS) is 12.7. The lowest BCUT2D eigenvalue weighted by molar-refractivity contribution is -0.134. The summed E-state index contributed by atoms with van der Waals surface area (Å²) in [4.78, 5) is 3.44. The number of hydrogen-bond donors (Lipinski definition) is 1. The van der Waals surface area contributed by atoms with Crippen LogP contribution in [0, 0.1) is 0 Å². The minimum Gasteiger partial charge on any atom is -0.369 e. The zero-order valence-electron chi connectivity index (χ0n) is 11.4. The van der Waals surface area contributed by atoms with E-state index in [9.17, 15) is 21.6 Å². The lowest BCUT2D eigenvalue weighted by Crippen LogP contribution is -2.35. The summed E-state index contributed by atoms with van der Waals surface area (Å²) in [5.41, 5.74) is 0. The lowest BCUT2D eigenvalue weighted by Gasteiger charge is -2.19. The molecule has 120 valence electrons. The minimum absolute atomic E-state index is 0.0323. The predicted octanol–water partition coefficient (Wildman–Crippen LogP) is 2.74. The molecule has 0 saturated heterocycles. The average molecular weight is 346 g/mol. The van der Waals surface area contributed by atoms with Crippen LogP contribution in [0.1, 0.15) is 13.3 Å². The summed E-state index contributed by atoms with van der Waals surface area (Å²) in [5, 5.41) is 2.91. The Morgan fingerprint density at radius 1 is 1.43 bits per heavy atom. The van der Waals surface area contributed by atoms with Crippen LogP contribution in [0.3, 0.4) is 0 Å². The van der Waals surface area contributed by atoms with Gasteiger partial charge in [0, 0.05) is 19.8 Å². The Kier molecular flexibility index (Phi) is 5.83. The van der Waals surface area contributed by atoms with Crippen molar-refractivity contribution in [2.75, 3.05) is 25.5 Å². The number of anilines is 1. The molecule has 0 atom stereocenters. The summed E-state index contributed by atoms with van der Waals surface area (Å²) in [6.07, 6.45) is -2.83. The van der Waals surface area contributed by atoms with Crippen LogP contribution in [0.15, 0.2) is 17.2 Å². The second-order valence-electron chi connectivity index (χ2n) is 4.30. The van der Waals surface area contributed by atoms with Crippen LogP contribution in [0.4, 0.5) is 19.0 Å². The Bertz CT molecular complexity index is 593. The van der Waals surface area contributed by atoms with E-state index < -0.39 is 22.7 Å². The molecule has 5 nitrogen and oxygen atoms in total. The van der Waals surface area contributed by atoms with Gasteiger partial charge in [0.05, 0.1) is 5.02 Å². The molecule has 10 heteroatoms. The number of rotatable bonds is 6. The van der Waals surface area contributed by atoms with Crippen LogP contribution in [-0.2, 0) is 10.0 Å². The predicted molar refractivity (Wildman–Crippen MR) is 73.9 cm³/mol. The van der Waals surface area contributed by atoms with Gasteiger partial charge < -0.3 is 5.32 Å². The lowest BCUT2D eigenvalue weighted by atomic mass is 10.4. The molecule has 0 spiro atoms. The van der Waals surface area contributed by atoms with Gasteiger partial charge in [0.15, 0.2) is 0 Å². The van der Waals surface area contributed by atoms with Crippen LogP contribution in [-0.4, -0.2) is 44.0 Å². The second-order valence-corrected chi connectivity index (χ2v) is 6.76. The highest BCUT2D eigenvalue weighted by atomic mass is 35.5. The van der Waals surface area contributed by atoms with E-state index in [0.29, 0.717) is 6.54 Å². The van der Waals surface area contributed by atoms with Gasteiger partial charge in [-0.25, -0.2) is 13.4 Å². The summed E-state index contributed by atoms with van der Waals surface area (Å²) in [6.45, 7) is 0.932. The Morgan fingerprint density at radius 2 is 2.05 bits per heavy atom. The van der Waals surface area contributed by atoms with Crippen molar-refractivity contribution in [1.29, 1.82) is 0 Å². The van der Waals surface area contributed by atoms with Gasteiger partial charge in [-0.2, -0.15) is 17.5 Å². The third kappa shape index (κ3) is 5.01. The zero-order valence-corrected chi connectivity index (χ0v) is 13.0. The number of aromatic nitrogens is 1. The number of alkyl halides is 3. The standard InChI is InChI=1S/C11H15ClF3N3O2S/c1-3-4-16-10-9(12)5-8(6-17-10)21(19,20)18(2)7-11(13,14)15/h5-6H,3-4,7H2,1-2H3,(H,16,17). The quantitative estimate of drug-likeness (QED) is 0.861. The molecular weight excluding hydrogens is 331 g/mol. The minimum atomic E-state index is -4.62. The maximum atomic E-state index is 12.3. The number of sulfonamides is 1. The van der Waals surface area contributed by atoms with Gasteiger partial charge in [-0.05, 0) is 12.5 Å². The molecule has 0 saturated carbocycles. The largest absolute Gasteiger partial charge is 0.402 e. The molecule has 0 aliphatic heterocycles. The molecule has 0 amide bonds. The van der Waals surface area contributed by atoms with Crippen LogP contribution in [0.25, 0.3) is 0 Å². The Hall–Kier alpha value is -1.06. The smallest absolute Gasteiger partial charge is 0.369 e. The number of nitrogens with zero attached hydrogens (tertiary/aromatic N) is 2. The number of hydrogen-bond acceptors (Lipinski definition) is 4. The van der Waals surface area contributed by atoms with Gasteiger partial charge in [0.25, 0.3) is 0 Å². The van der Waals surface area contributed by atoms with Crippen molar-refractivity contribution >= 4 is 27.4 Å².